The number of amides is 1. The van der Waals surface area contributed by atoms with Crippen LogP contribution in [-0.4, -0.2) is 62.0 Å². The Bertz CT molecular complexity index is 678. The third-order valence-corrected chi connectivity index (χ3v) is 4.50. The summed E-state index contributed by atoms with van der Waals surface area (Å²) in [6.07, 6.45) is 5.92. The average molecular weight is 285 g/mol. The summed E-state index contributed by atoms with van der Waals surface area (Å²) < 4.78 is 1.65. The molecule has 2 aromatic rings. The van der Waals surface area contributed by atoms with Crippen molar-refractivity contribution in [3.05, 3.63) is 30.2 Å². The second-order valence-corrected chi connectivity index (χ2v) is 6.05. The summed E-state index contributed by atoms with van der Waals surface area (Å²) in [6, 6.07) is 4.71. The summed E-state index contributed by atoms with van der Waals surface area (Å²) in [5, 5.41) is 4.10. The molecular weight excluding hydrogens is 266 g/mol. The van der Waals surface area contributed by atoms with Crippen molar-refractivity contribution in [2.24, 2.45) is 0 Å². The van der Waals surface area contributed by atoms with Gasteiger partial charge in [-0.2, -0.15) is 5.10 Å². The van der Waals surface area contributed by atoms with Gasteiger partial charge in [-0.15, -0.1) is 0 Å². The van der Waals surface area contributed by atoms with E-state index in [4.69, 9.17) is 0 Å². The van der Waals surface area contributed by atoms with Crippen LogP contribution in [0.4, 0.5) is 0 Å². The van der Waals surface area contributed by atoms with Crippen LogP contribution in [0.1, 0.15) is 30.1 Å². The van der Waals surface area contributed by atoms with Gasteiger partial charge in [-0.1, -0.05) is 0 Å². The average Bonchev–Trinajstić information content (AvgIpc) is 3.24. The molecule has 2 aliphatic rings. The number of hydrogen-bond donors (Lipinski definition) is 0. The van der Waals surface area contributed by atoms with Crippen LogP contribution in [0.2, 0.25) is 0 Å². The van der Waals surface area contributed by atoms with Gasteiger partial charge in [0.15, 0.2) is 5.65 Å². The maximum Gasteiger partial charge on any atom is 0.255 e. The molecule has 6 nitrogen and oxygen atoms in total. The zero-order valence-electron chi connectivity index (χ0n) is 12.1. The summed E-state index contributed by atoms with van der Waals surface area (Å²) >= 11 is 0. The maximum absolute atomic E-state index is 12.7. The number of aromatic nitrogens is 3. The summed E-state index contributed by atoms with van der Waals surface area (Å²) in [5.74, 6) is 0.0929. The monoisotopic (exact) mass is 285 g/mol. The van der Waals surface area contributed by atoms with Crippen molar-refractivity contribution in [1.29, 1.82) is 0 Å². The first-order valence-corrected chi connectivity index (χ1v) is 7.57. The molecule has 2 fully saturated rings. The van der Waals surface area contributed by atoms with Gasteiger partial charge in [0.05, 0.1) is 5.56 Å². The number of carbonyl (C=O) groups is 1. The molecule has 110 valence electrons. The van der Waals surface area contributed by atoms with E-state index in [1.54, 1.807) is 10.7 Å². The highest BCUT2D eigenvalue weighted by molar-refractivity contribution is 5.94. The van der Waals surface area contributed by atoms with E-state index in [9.17, 15) is 4.79 Å². The van der Waals surface area contributed by atoms with Crippen LogP contribution in [0.3, 0.4) is 0 Å². The second-order valence-electron chi connectivity index (χ2n) is 6.05. The first-order chi connectivity index (χ1) is 10.2. The number of hydrogen-bond acceptors (Lipinski definition) is 4. The van der Waals surface area contributed by atoms with Crippen molar-refractivity contribution >= 4 is 11.6 Å². The molecular formula is C15H19N5O. The Morgan fingerprint density at radius 3 is 2.90 bits per heavy atom. The van der Waals surface area contributed by atoms with Crippen molar-refractivity contribution in [2.75, 3.05) is 19.6 Å². The van der Waals surface area contributed by atoms with Crippen LogP contribution in [0.15, 0.2) is 24.7 Å². The molecule has 0 radical (unpaired) electrons. The molecule has 3 heterocycles. The van der Waals surface area contributed by atoms with Gasteiger partial charge in [0.25, 0.3) is 5.91 Å². The van der Waals surface area contributed by atoms with Gasteiger partial charge in [-0.25, -0.2) is 9.50 Å². The van der Waals surface area contributed by atoms with E-state index in [0.717, 1.165) is 31.3 Å². The molecule has 0 N–H and O–H groups in total. The molecule has 0 bridgehead atoms. The number of rotatable bonds is 2. The van der Waals surface area contributed by atoms with E-state index < -0.39 is 0 Å². The predicted octanol–water partition coefficient (Wildman–Crippen LogP) is 1.04. The number of fused-ring (bicyclic) bond motifs is 1. The highest BCUT2D eigenvalue weighted by Gasteiger charge is 2.35. The minimum absolute atomic E-state index is 0.0929. The third kappa shape index (κ3) is 2.29. The quantitative estimate of drug-likeness (QED) is 0.827. The lowest BCUT2D eigenvalue weighted by Crippen LogP contribution is -2.54. The molecule has 1 saturated carbocycles. The molecule has 21 heavy (non-hydrogen) atoms. The van der Waals surface area contributed by atoms with Gasteiger partial charge < -0.3 is 4.90 Å². The van der Waals surface area contributed by atoms with Crippen LogP contribution >= 0.6 is 0 Å². The third-order valence-electron chi connectivity index (χ3n) is 4.50. The van der Waals surface area contributed by atoms with Crippen molar-refractivity contribution in [1.82, 2.24) is 24.4 Å². The van der Waals surface area contributed by atoms with Crippen LogP contribution in [0, 0.1) is 0 Å². The Hall–Kier alpha value is -1.95. The molecule has 1 aliphatic heterocycles. The Balaban J connectivity index is 1.53. The topological polar surface area (TPSA) is 53.7 Å². The van der Waals surface area contributed by atoms with Gasteiger partial charge in [-0.05, 0) is 31.9 Å². The van der Waals surface area contributed by atoms with E-state index in [1.165, 1.54) is 19.2 Å². The predicted molar refractivity (Wildman–Crippen MR) is 78.1 cm³/mol. The lowest BCUT2D eigenvalue weighted by Gasteiger charge is -2.40. The highest BCUT2D eigenvalue weighted by Crippen LogP contribution is 2.29. The molecule has 1 amide bonds. The minimum atomic E-state index is 0.0929. The Kier molecular flexibility index (Phi) is 2.92. The Morgan fingerprint density at radius 2 is 2.14 bits per heavy atom. The SMILES string of the molecule is CC1CN(C2CC2)CCN1C(=O)c1ccc2ncnn2c1. The van der Waals surface area contributed by atoms with Crippen molar-refractivity contribution < 1.29 is 4.79 Å². The smallest absolute Gasteiger partial charge is 0.255 e. The van der Waals surface area contributed by atoms with Crippen LogP contribution in [0.5, 0.6) is 0 Å². The lowest BCUT2D eigenvalue weighted by atomic mass is 10.1. The fourth-order valence-electron chi connectivity index (χ4n) is 3.17. The fraction of sp³-hybridized carbons (Fsp3) is 0.533. The Morgan fingerprint density at radius 1 is 1.29 bits per heavy atom. The second kappa shape index (κ2) is 4.80. The van der Waals surface area contributed by atoms with E-state index in [0.29, 0.717) is 5.56 Å². The standard InChI is InChI=1S/C15H19N5O/c1-11-8-18(13-3-4-13)6-7-19(11)15(21)12-2-5-14-16-10-17-20(14)9-12/h2,5,9-11,13H,3-4,6-8H2,1H3. The van der Waals surface area contributed by atoms with Gasteiger partial charge in [-0.3, -0.25) is 9.69 Å². The Labute approximate surface area is 123 Å². The molecule has 0 spiro atoms. The fourth-order valence-corrected chi connectivity index (χ4v) is 3.17. The summed E-state index contributed by atoms with van der Waals surface area (Å²) in [4.78, 5) is 21.3. The van der Waals surface area contributed by atoms with Crippen molar-refractivity contribution in [2.45, 2.75) is 31.8 Å². The normalized spacial score (nSPS) is 23.7. The molecule has 1 unspecified atom stereocenters. The number of piperazine rings is 1. The molecule has 0 aromatic carbocycles. The van der Waals surface area contributed by atoms with Gasteiger partial charge in [0.1, 0.15) is 6.33 Å². The zero-order chi connectivity index (χ0) is 14.4. The van der Waals surface area contributed by atoms with Crippen LogP contribution < -0.4 is 0 Å². The van der Waals surface area contributed by atoms with E-state index in [1.807, 2.05) is 17.0 Å². The summed E-state index contributed by atoms with van der Waals surface area (Å²) in [6.45, 7) is 4.93. The molecule has 2 aromatic heterocycles. The minimum Gasteiger partial charge on any atom is -0.333 e. The zero-order valence-corrected chi connectivity index (χ0v) is 12.1. The first-order valence-electron chi connectivity index (χ1n) is 7.57. The number of pyridine rings is 1. The van der Waals surface area contributed by atoms with E-state index in [-0.39, 0.29) is 11.9 Å². The van der Waals surface area contributed by atoms with Crippen LogP contribution in [0.25, 0.3) is 5.65 Å². The van der Waals surface area contributed by atoms with Gasteiger partial charge in [0, 0.05) is 37.9 Å². The van der Waals surface area contributed by atoms with Crippen molar-refractivity contribution in [3.63, 3.8) is 0 Å². The molecule has 6 heteroatoms. The van der Waals surface area contributed by atoms with Gasteiger partial charge >= 0.3 is 0 Å². The van der Waals surface area contributed by atoms with E-state index in [2.05, 4.69) is 21.9 Å². The maximum atomic E-state index is 12.7. The lowest BCUT2D eigenvalue weighted by molar-refractivity contribution is 0.0473. The molecule has 4 rings (SSSR count). The molecule has 1 atom stereocenters. The molecule has 1 saturated heterocycles. The van der Waals surface area contributed by atoms with Crippen molar-refractivity contribution in [3.8, 4) is 0 Å². The van der Waals surface area contributed by atoms with E-state index >= 15 is 0 Å². The molecule has 1 aliphatic carbocycles. The summed E-state index contributed by atoms with van der Waals surface area (Å²) in [5.41, 5.74) is 1.44. The largest absolute Gasteiger partial charge is 0.333 e. The number of nitrogens with zero attached hydrogens (tertiary/aromatic N) is 5. The highest BCUT2D eigenvalue weighted by atomic mass is 16.2. The number of carbonyl (C=O) groups excluding carboxylic acids is 1. The van der Waals surface area contributed by atoms with Crippen LogP contribution in [-0.2, 0) is 0 Å². The first kappa shape index (κ1) is 12.8. The van der Waals surface area contributed by atoms with Gasteiger partial charge in [0.2, 0.25) is 0 Å². The summed E-state index contributed by atoms with van der Waals surface area (Å²) in [7, 11) is 0.